The summed E-state index contributed by atoms with van der Waals surface area (Å²) in [6, 6.07) is 8.31. The predicted octanol–water partition coefficient (Wildman–Crippen LogP) is 3.20. The molecule has 0 spiro atoms. The number of benzene rings is 1. The van der Waals surface area contributed by atoms with Gasteiger partial charge in [0.15, 0.2) is 0 Å². The number of urea groups is 1. The zero-order valence-corrected chi connectivity index (χ0v) is 15.4. The SMILES string of the molecule is CC(NC(=O)NC1CCCC1(C)CO)c1cccc(N2CCCC2)c1. The normalized spacial score (nSPS) is 27.3. The van der Waals surface area contributed by atoms with Gasteiger partial charge in [0.25, 0.3) is 0 Å². The van der Waals surface area contributed by atoms with E-state index in [0.29, 0.717) is 0 Å². The Labute approximate surface area is 150 Å². The van der Waals surface area contributed by atoms with Crippen LogP contribution in [0, 0.1) is 5.41 Å². The molecule has 2 amide bonds. The fourth-order valence-electron chi connectivity index (χ4n) is 4.11. The van der Waals surface area contributed by atoms with Gasteiger partial charge in [-0.3, -0.25) is 0 Å². The van der Waals surface area contributed by atoms with Gasteiger partial charge in [-0.2, -0.15) is 0 Å². The Morgan fingerprint density at radius 3 is 2.84 bits per heavy atom. The van der Waals surface area contributed by atoms with E-state index >= 15 is 0 Å². The lowest BCUT2D eigenvalue weighted by atomic mass is 9.86. The smallest absolute Gasteiger partial charge is 0.315 e. The van der Waals surface area contributed by atoms with Gasteiger partial charge in [-0.15, -0.1) is 0 Å². The Kier molecular flexibility index (Phi) is 5.52. The quantitative estimate of drug-likeness (QED) is 0.768. The van der Waals surface area contributed by atoms with Gasteiger partial charge < -0.3 is 20.6 Å². The van der Waals surface area contributed by atoms with Crippen molar-refractivity contribution in [3.63, 3.8) is 0 Å². The minimum absolute atomic E-state index is 0.0423. The summed E-state index contributed by atoms with van der Waals surface area (Å²) in [5, 5.41) is 15.7. The fraction of sp³-hybridized carbons (Fsp3) is 0.650. The number of carbonyl (C=O) groups is 1. The van der Waals surface area contributed by atoms with E-state index in [1.807, 2.05) is 13.8 Å². The maximum Gasteiger partial charge on any atom is 0.315 e. The summed E-state index contributed by atoms with van der Waals surface area (Å²) in [6.45, 7) is 6.42. The molecular formula is C20H31N3O2. The first kappa shape index (κ1) is 18.1. The third kappa shape index (κ3) is 4.09. The predicted molar refractivity (Wildman–Crippen MR) is 101 cm³/mol. The Morgan fingerprint density at radius 1 is 1.36 bits per heavy atom. The minimum Gasteiger partial charge on any atom is -0.396 e. The van der Waals surface area contributed by atoms with Crippen LogP contribution in [-0.2, 0) is 0 Å². The van der Waals surface area contributed by atoms with Crippen molar-refractivity contribution in [1.29, 1.82) is 0 Å². The molecule has 1 saturated carbocycles. The lowest BCUT2D eigenvalue weighted by molar-refractivity contribution is 0.121. The molecule has 5 heteroatoms. The Balaban J connectivity index is 1.59. The van der Waals surface area contributed by atoms with Crippen molar-refractivity contribution in [3.8, 4) is 0 Å². The standard InChI is InChI=1S/C20H31N3O2/c1-15(16-7-5-8-17(13-16)23-11-3-4-12-23)21-19(25)22-18-9-6-10-20(18,2)14-24/h5,7-8,13,15,18,24H,3-4,6,9-12,14H2,1-2H3,(H2,21,22,25). The van der Waals surface area contributed by atoms with Gasteiger partial charge in [0, 0.05) is 30.2 Å². The summed E-state index contributed by atoms with van der Waals surface area (Å²) in [6.07, 6.45) is 5.46. The van der Waals surface area contributed by atoms with Crippen LogP contribution in [0.3, 0.4) is 0 Å². The van der Waals surface area contributed by atoms with Crippen molar-refractivity contribution in [2.24, 2.45) is 5.41 Å². The second-order valence-corrected chi connectivity index (χ2v) is 7.89. The highest BCUT2D eigenvalue weighted by atomic mass is 16.3. The molecule has 25 heavy (non-hydrogen) atoms. The Morgan fingerprint density at radius 2 is 2.12 bits per heavy atom. The van der Waals surface area contributed by atoms with Crippen molar-refractivity contribution in [2.45, 2.75) is 58.0 Å². The molecule has 1 heterocycles. The van der Waals surface area contributed by atoms with E-state index in [0.717, 1.165) is 37.9 Å². The van der Waals surface area contributed by atoms with E-state index in [2.05, 4.69) is 39.8 Å². The number of hydrogen-bond acceptors (Lipinski definition) is 3. The van der Waals surface area contributed by atoms with Crippen molar-refractivity contribution < 1.29 is 9.90 Å². The van der Waals surface area contributed by atoms with E-state index < -0.39 is 0 Å². The number of rotatable bonds is 5. The molecule has 3 rings (SSSR count). The number of hydrogen-bond donors (Lipinski definition) is 3. The van der Waals surface area contributed by atoms with Crippen LogP contribution >= 0.6 is 0 Å². The molecule has 1 aliphatic heterocycles. The van der Waals surface area contributed by atoms with Crippen LogP contribution in [0.4, 0.5) is 10.5 Å². The highest BCUT2D eigenvalue weighted by Gasteiger charge is 2.39. The number of aliphatic hydroxyl groups is 1. The molecule has 2 aliphatic rings. The van der Waals surface area contributed by atoms with Crippen LogP contribution < -0.4 is 15.5 Å². The van der Waals surface area contributed by atoms with Gasteiger partial charge in [-0.25, -0.2) is 4.79 Å². The first-order valence-corrected chi connectivity index (χ1v) is 9.55. The largest absolute Gasteiger partial charge is 0.396 e. The molecule has 3 N–H and O–H groups in total. The summed E-state index contributed by atoms with van der Waals surface area (Å²) >= 11 is 0. The van der Waals surface area contributed by atoms with Crippen molar-refractivity contribution in [2.75, 3.05) is 24.6 Å². The summed E-state index contributed by atoms with van der Waals surface area (Å²) in [4.78, 5) is 14.8. The highest BCUT2D eigenvalue weighted by Crippen LogP contribution is 2.37. The van der Waals surface area contributed by atoms with Crippen molar-refractivity contribution >= 4 is 11.7 Å². The number of nitrogens with one attached hydrogen (secondary N) is 2. The van der Waals surface area contributed by atoms with Gasteiger partial charge in [0.05, 0.1) is 12.6 Å². The molecule has 1 aliphatic carbocycles. The van der Waals surface area contributed by atoms with Crippen LogP contribution in [0.2, 0.25) is 0 Å². The topological polar surface area (TPSA) is 64.6 Å². The lowest BCUT2D eigenvalue weighted by Crippen LogP contribution is -2.49. The summed E-state index contributed by atoms with van der Waals surface area (Å²) in [5.74, 6) is 0. The third-order valence-electron chi connectivity index (χ3n) is 5.94. The molecule has 3 unspecified atom stereocenters. The second-order valence-electron chi connectivity index (χ2n) is 7.89. The zero-order chi connectivity index (χ0) is 17.9. The van der Waals surface area contributed by atoms with Crippen LogP contribution in [0.15, 0.2) is 24.3 Å². The summed E-state index contributed by atoms with van der Waals surface area (Å²) in [7, 11) is 0. The average Bonchev–Trinajstić information content (AvgIpc) is 3.26. The summed E-state index contributed by atoms with van der Waals surface area (Å²) in [5.41, 5.74) is 2.17. The molecule has 1 aromatic carbocycles. The Bertz CT molecular complexity index is 600. The van der Waals surface area contributed by atoms with Gasteiger partial charge in [-0.05, 0) is 50.3 Å². The molecule has 0 bridgehead atoms. The van der Waals surface area contributed by atoms with Crippen LogP contribution in [0.5, 0.6) is 0 Å². The lowest BCUT2D eigenvalue weighted by Gasteiger charge is -2.30. The molecular weight excluding hydrogens is 314 g/mol. The highest BCUT2D eigenvalue weighted by molar-refractivity contribution is 5.75. The molecule has 5 nitrogen and oxygen atoms in total. The molecule has 2 fully saturated rings. The monoisotopic (exact) mass is 345 g/mol. The zero-order valence-electron chi connectivity index (χ0n) is 15.4. The minimum atomic E-state index is -0.198. The number of anilines is 1. The van der Waals surface area contributed by atoms with Crippen molar-refractivity contribution in [3.05, 3.63) is 29.8 Å². The van der Waals surface area contributed by atoms with Gasteiger partial charge in [-0.1, -0.05) is 25.5 Å². The van der Waals surface area contributed by atoms with E-state index in [9.17, 15) is 9.90 Å². The first-order chi connectivity index (χ1) is 12.0. The third-order valence-corrected chi connectivity index (χ3v) is 5.94. The van der Waals surface area contributed by atoms with Crippen molar-refractivity contribution in [1.82, 2.24) is 10.6 Å². The van der Waals surface area contributed by atoms with Crippen LogP contribution in [0.25, 0.3) is 0 Å². The molecule has 138 valence electrons. The van der Waals surface area contributed by atoms with E-state index in [-0.39, 0.29) is 30.1 Å². The maximum absolute atomic E-state index is 12.4. The average molecular weight is 345 g/mol. The van der Waals surface area contributed by atoms with E-state index in [1.165, 1.54) is 18.5 Å². The van der Waals surface area contributed by atoms with Gasteiger partial charge in [0.1, 0.15) is 0 Å². The summed E-state index contributed by atoms with van der Waals surface area (Å²) < 4.78 is 0. The van der Waals surface area contributed by atoms with E-state index in [1.54, 1.807) is 0 Å². The molecule has 0 aromatic heterocycles. The number of amides is 2. The molecule has 3 atom stereocenters. The maximum atomic E-state index is 12.4. The number of aliphatic hydroxyl groups excluding tert-OH is 1. The van der Waals surface area contributed by atoms with E-state index in [4.69, 9.17) is 0 Å². The van der Waals surface area contributed by atoms with Crippen LogP contribution in [-0.4, -0.2) is 36.9 Å². The molecule has 0 radical (unpaired) electrons. The molecule has 1 saturated heterocycles. The number of nitrogens with zero attached hydrogens (tertiary/aromatic N) is 1. The number of carbonyl (C=O) groups excluding carboxylic acids is 1. The first-order valence-electron chi connectivity index (χ1n) is 9.55. The van der Waals surface area contributed by atoms with Gasteiger partial charge >= 0.3 is 6.03 Å². The second kappa shape index (κ2) is 7.65. The molecule has 1 aromatic rings. The fourth-order valence-corrected chi connectivity index (χ4v) is 4.11. The Hall–Kier alpha value is -1.75. The van der Waals surface area contributed by atoms with Crippen LogP contribution in [0.1, 0.15) is 57.6 Å². The van der Waals surface area contributed by atoms with Gasteiger partial charge in [0.2, 0.25) is 0 Å².